The minimum Gasteiger partial charge on any atom is -0.478 e. The molecule has 1 aromatic carbocycles. The number of hydrogen-bond acceptors (Lipinski definition) is 2. The molecule has 0 aliphatic carbocycles. The van der Waals surface area contributed by atoms with Crippen LogP contribution in [0, 0.1) is 18.2 Å². The Morgan fingerprint density at radius 3 is 2.75 bits per heavy atom. The number of halogens is 1. The number of carboxylic acid groups (broad SMARTS) is 1. The monoisotopic (exact) mass is 278 g/mol. The van der Waals surface area contributed by atoms with Gasteiger partial charge >= 0.3 is 12.0 Å². The number of rotatable bonds is 5. The number of anilines is 1. The second kappa shape index (κ2) is 7.14. The standard InChI is InChI=1S/C14H15FN2O3/c1-3-8-17(9-4-2)14(20)16-12-10(13(18)19)6-5-7-11(12)15/h1,5-7H,4,8-9H2,2H3,(H,16,20)(H,18,19). The second-order valence-electron chi connectivity index (χ2n) is 4.02. The summed E-state index contributed by atoms with van der Waals surface area (Å²) in [7, 11) is 0. The van der Waals surface area contributed by atoms with E-state index in [1.807, 2.05) is 6.92 Å². The molecule has 0 heterocycles. The van der Waals surface area contributed by atoms with Gasteiger partial charge in [0.2, 0.25) is 0 Å². The average Bonchev–Trinajstić information content (AvgIpc) is 2.40. The van der Waals surface area contributed by atoms with Gasteiger partial charge in [0, 0.05) is 6.54 Å². The van der Waals surface area contributed by atoms with Crippen LogP contribution in [-0.2, 0) is 0 Å². The molecule has 6 heteroatoms. The fourth-order valence-electron chi connectivity index (χ4n) is 1.65. The summed E-state index contributed by atoms with van der Waals surface area (Å²) in [4.78, 5) is 24.3. The van der Waals surface area contributed by atoms with E-state index in [0.29, 0.717) is 13.0 Å². The first-order valence-electron chi connectivity index (χ1n) is 6.02. The van der Waals surface area contributed by atoms with Crippen molar-refractivity contribution in [1.82, 2.24) is 4.90 Å². The number of carbonyl (C=O) groups excluding carboxylic acids is 1. The molecule has 0 radical (unpaired) electrons. The summed E-state index contributed by atoms with van der Waals surface area (Å²) in [5.74, 6) is 0.196. The van der Waals surface area contributed by atoms with E-state index in [4.69, 9.17) is 11.5 Å². The SMILES string of the molecule is C#CCN(CCC)C(=O)Nc1c(F)cccc1C(=O)O. The van der Waals surface area contributed by atoms with Crippen LogP contribution in [0.4, 0.5) is 14.9 Å². The van der Waals surface area contributed by atoms with Crippen LogP contribution in [0.5, 0.6) is 0 Å². The maximum Gasteiger partial charge on any atom is 0.337 e. The van der Waals surface area contributed by atoms with Crippen molar-refractivity contribution in [1.29, 1.82) is 0 Å². The summed E-state index contributed by atoms with van der Waals surface area (Å²) in [6.07, 6.45) is 5.84. The Labute approximate surface area is 116 Å². The van der Waals surface area contributed by atoms with Gasteiger partial charge in [-0.1, -0.05) is 18.9 Å². The third-order valence-corrected chi connectivity index (χ3v) is 2.54. The Balaban J connectivity index is 3.00. The molecule has 2 N–H and O–H groups in total. The lowest BCUT2D eigenvalue weighted by molar-refractivity contribution is 0.0697. The number of terminal acetylenes is 1. The fourth-order valence-corrected chi connectivity index (χ4v) is 1.65. The molecule has 1 rings (SSSR count). The normalized spacial score (nSPS) is 9.65. The number of para-hydroxylation sites is 1. The van der Waals surface area contributed by atoms with Crippen molar-refractivity contribution in [2.45, 2.75) is 13.3 Å². The van der Waals surface area contributed by atoms with E-state index >= 15 is 0 Å². The van der Waals surface area contributed by atoms with Gasteiger partial charge in [0.25, 0.3) is 0 Å². The van der Waals surface area contributed by atoms with Crippen LogP contribution in [0.25, 0.3) is 0 Å². The smallest absolute Gasteiger partial charge is 0.337 e. The summed E-state index contributed by atoms with van der Waals surface area (Å²) in [5.41, 5.74) is -0.668. The number of benzene rings is 1. The summed E-state index contributed by atoms with van der Waals surface area (Å²) in [6.45, 7) is 2.33. The highest BCUT2D eigenvalue weighted by Crippen LogP contribution is 2.20. The number of carboxylic acids is 1. The predicted octanol–water partition coefficient (Wildman–Crippen LogP) is 2.40. The molecule has 0 bridgehead atoms. The molecule has 20 heavy (non-hydrogen) atoms. The van der Waals surface area contributed by atoms with Crippen molar-refractivity contribution in [2.24, 2.45) is 0 Å². The molecule has 0 saturated carbocycles. The van der Waals surface area contributed by atoms with Gasteiger partial charge < -0.3 is 15.3 Å². The van der Waals surface area contributed by atoms with Gasteiger partial charge in [0.15, 0.2) is 0 Å². The van der Waals surface area contributed by atoms with Crippen molar-refractivity contribution >= 4 is 17.7 Å². The Hall–Kier alpha value is -2.55. The molecular weight excluding hydrogens is 263 g/mol. The molecule has 0 atom stereocenters. The molecule has 0 aliphatic heterocycles. The molecule has 0 spiro atoms. The quantitative estimate of drug-likeness (QED) is 0.812. The third kappa shape index (κ3) is 3.72. The lowest BCUT2D eigenvalue weighted by atomic mass is 10.1. The topological polar surface area (TPSA) is 69.6 Å². The summed E-state index contributed by atoms with van der Waals surface area (Å²) in [5, 5.41) is 11.2. The van der Waals surface area contributed by atoms with Crippen molar-refractivity contribution in [3.05, 3.63) is 29.6 Å². The van der Waals surface area contributed by atoms with Crippen LogP contribution in [0.15, 0.2) is 18.2 Å². The van der Waals surface area contributed by atoms with Crippen LogP contribution in [0.1, 0.15) is 23.7 Å². The van der Waals surface area contributed by atoms with Crippen molar-refractivity contribution in [2.75, 3.05) is 18.4 Å². The van der Waals surface area contributed by atoms with Gasteiger partial charge in [-0.25, -0.2) is 14.0 Å². The molecule has 2 amide bonds. The van der Waals surface area contributed by atoms with Gasteiger partial charge in [-0.3, -0.25) is 0 Å². The molecule has 0 aromatic heterocycles. The highest BCUT2D eigenvalue weighted by atomic mass is 19.1. The van der Waals surface area contributed by atoms with Crippen molar-refractivity contribution in [3.63, 3.8) is 0 Å². The fraction of sp³-hybridized carbons (Fsp3) is 0.286. The first-order chi connectivity index (χ1) is 9.51. The maximum atomic E-state index is 13.7. The van der Waals surface area contributed by atoms with Gasteiger partial charge in [0.05, 0.1) is 17.8 Å². The van der Waals surface area contributed by atoms with Gasteiger partial charge in [0.1, 0.15) is 5.82 Å². The number of nitrogens with one attached hydrogen (secondary N) is 1. The molecular formula is C14H15FN2O3. The van der Waals surface area contributed by atoms with Gasteiger partial charge in [-0.2, -0.15) is 0 Å². The van der Waals surface area contributed by atoms with E-state index in [2.05, 4.69) is 11.2 Å². The van der Waals surface area contributed by atoms with Crippen LogP contribution in [0.3, 0.4) is 0 Å². The predicted molar refractivity (Wildman–Crippen MR) is 73.1 cm³/mol. The summed E-state index contributed by atoms with van der Waals surface area (Å²) in [6, 6.07) is 2.93. The first-order valence-corrected chi connectivity index (χ1v) is 6.02. The molecule has 5 nitrogen and oxygen atoms in total. The van der Waals surface area contributed by atoms with E-state index in [-0.39, 0.29) is 17.8 Å². The Morgan fingerprint density at radius 2 is 2.20 bits per heavy atom. The molecule has 0 unspecified atom stereocenters. The van der Waals surface area contributed by atoms with Crippen LogP contribution >= 0.6 is 0 Å². The Bertz CT molecular complexity index is 552. The molecule has 0 fully saturated rings. The number of hydrogen-bond donors (Lipinski definition) is 2. The number of nitrogens with zero attached hydrogens (tertiary/aromatic N) is 1. The summed E-state index contributed by atoms with van der Waals surface area (Å²) < 4.78 is 13.7. The largest absolute Gasteiger partial charge is 0.478 e. The van der Waals surface area contributed by atoms with E-state index < -0.39 is 17.8 Å². The molecule has 1 aromatic rings. The Kier molecular flexibility index (Phi) is 5.54. The lowest BCUT2D eigenvalue weighted by Crippen LogP contribution is -2.36. The maximum absolute atomic E-state index is 13.7. The van der Waals surface area contributed by atoms with Crippen molar-refractivity contribution < 1.29 is 19.1 Å². The zero-order valence-corrected chi connectivity index (χ0v) is 11.0. The average molecular weight is 278 g/mol. The van der Waals surface area contributed by atoms with E-state index in [1.54, 1.807) is 0 Å². The number of urea groups is 1. The molecule has 0 saturated heterocycles. The highest BCUT2D eigenvalue weighted by Gasteiger charge is 2.19. The van der Waals surface area contributed by atoms with Crippen molar-refractivity contribution in [3.8, 4) is 12.3 Å². The van der Waals surface area contributed by atoms with E-state index in [9.17, 15) is 14.0 Å². The minimum absolute atomic E-state index is 0.0660. The number of aromatic carboxylic acids is 1. The first kappa shape index (κ1) is 15.5. The van der Waals surface area contributed by atoms with E-state index in [0.717, 1.165) is 6.07 Å². The zero-order valence-electron chi connectivity index (χ0n) is 11.0. The van der Waals surface area contributed by atoms with E-state index in [1.165, 1.54) is 17.0 Å². The highest BCUT2D eigenvalue weighted by molar-refractivity contribution is 6.00. The zero-order chi connectivity index (χ0) is 15.1. The minimum atomic E-state index is -1.32. The summed E-state index contributed by atoms with van der Waals surface area (Å²) >= 11 is 0. The number of carbonyl (C=O) groups is 2. The lowest BCUT2D eigenvalue weighted by Gasteiger charge is -2.20. The van der Waals surface area contributed by atoms with Gasteiger partial charge in [-0.15, -0.1) is 6.42 Å². The third-order valence-electron chi connectivity index (χ3n) is 2.54. The van der Waals surface area contributed by atoms with Crippen LogP contribution < -0.4 is 5.32 Å². The Morgan fingerprint density at radius 1 is 1.50 bits per heavy atom. The number of amides is 2. The second-order valence-corrected chi connectivity index (χ2v) is 4.02. The molecule has 0 aliphatic rings. The molecule has 106 valence electrons. The van der Waals surface area contributed by atoms with Crippen LogP contribution in [-0.4, -0.2) is 35.1 Å². The van der Waals surface area contributed by atoms with Crippen LogP contribution in [0.2, 0.25) is 0 Å². The van der Waals surface area contributed by atoms with Gasteiger partial charge in [-0.05, 0) is 18.6 Å².